The zero-order valence-corrected chi connectivity index (χ0v) is 9.26. The van der Waals surface area contributed by atoms with Gasteiger partial charge in [-0.05, 0) is 11.6 Å². The molecule has 0 aromatic heterocycles. The molecule has 0 bridgehead atoms. The normalized spacial score (nSPS) is 15.7. The molecule has 1 aromatic carbocycles. The van der Waals surface area contributed by atoms with Crippen molar-refractivity contribution in [3.63, 3.8) is 0 Å². The van der Waals surface area contributed by atoms with E-state index in [1.165, 1.54) is 12.1 Å². The number of benzene rings is 1. The summed E-state index contributed by atoms with van der Waals surface area (Å²) in [5.41, 5.74) is 4.81. The van der Waals surface area contributed by atoms with Crippen molar-refractivity contribution < 1.29 is 22.7 Å². The van der Waals surface area contributed by atoms with Crippen LogP contribution in [0.25, 0.3) is 0 Å². The van der Waals surface area contributed by atoms with Crippen LogP contribution in [0, 0.1) is 5.82 Å². The van der Waals surface area contributed by atoms with Crippen molar-refractivity contribution in [2.45, 2.75) is 18.2 Å². The van der Waals surface area contributed by atoms with Gasteiger partial charge in [0.05, 0.1) is 5.02 Å². The smallest absolute Gasteiger partial charge is 0.383 e. The maximum Gasteiger partial charge on any atom is 0.414 e. The first-order chi connectivity index (χ1) is 7.79. The summed E-state index contributed by atoms with van der Waals surface area (Å²) in [4.78, 5) is 0. The van der Waals surface area contributed by atoms with Gasteiger partial charge in [-0.2, -0.15) is 13.2 Å². The van der Waals surface area contributed by atoms with Crippen LogP contribution in [-0.2, 0) is 0 Å². The summed E-state index contributed by atoms with van der Waals surface area (Å²) in [7, 11) is 0. The Labute approximate surface area is 100.0 Å². The van der Waals surface area contributed by atoms with E-state index in [1.807, 2.05) is 0 Å². The van der Waals surface area contributed by atoms with Gasteiger partial charge in [-0.3, -0.25) is 0 Å². The summed E-state index contributed by atoms with van der Waals surface area (Å²) in [6, 6.07) is 3.62. The van der Waals surface area contributed by atoms with Crippen LogP contribution in [0.15, 0.2) is 18.2 Å². The Morgan fingerprint density at radius 2 is 1.94 bits per heavy atom. The van der Waals surface area contributed by atoms with Gasteiger partial charge >= 0.3 is 6.18 Å². The molecule has 17 heavy (non-hydrogen) atoms. The molecule has 1 rings (SSSR count). The summed E-state index contributed by atoms with van der Waals surface area (Å²) < 4.78 is 50.6. The first kappa shape index (κ1) is 14.2. The highest BCUT2D eigenvalue weighted by Crippen LogP contribution is 2.33. The molecule has 0 heterocycles. The average molecular weight is 272 g/mol. The number of hydrogen-bond acceptors (Lipinski definition) is 2. The standard InChI is InChI=1S/C10H10ClF4NO/c11-7-3-1-2-5(8(7)12)6(4-16)9(17)10(13,14)15/h1-3,6,9,17H,4,16H2. The Kier molecular flexibility index (Phi) is 4.35. The van der Waals surface area contributed by atoms with Crippen molar-refractivity contribution in [1.82, 2.24) is 0 Å². The zero-order chi connectivity index (χ0) is 13.2. The van der Waals surface area contributed by atoms with Gasteiger partial charge < -0.3 is 10.8 Å². The lowest BCUT2D eigenvalue weighted by molar-refractivity contribution is -0.210. The predicted octanol–water partition coefficient (Wildman–Crippen LogP) is 2.44. The third kappa shape index (κ3) is 3.08. The van der Waals surface area contributed by atoms with E-state index >= 15 is 0 Å². The van der Waals surface area contributed by atoms with Crippen molar-refractivity contribution in [2.75, 3.05) is 6.54 Å². The van der Waals surface area contributed by atoms with E-state index < -0.39 is 30.6 Å². The molecule has 2 atom stereocenters. The number of nitrogens with two attached hydrogens (primary N) is 1. The van der Waals surface area contributed by atoms with Crippen molar-refractivity contribution in [2.24, 2.45) is 5.73 Å². The molecule has 7 heteroatoms. The van der Waals surface area contributed by atoms with Gasteiger partial charge in [0, 0.05) is 12.5 Å². The summed E-state index contributed by atoms with van der Waals surface area (Å²) in [6.45, 7) is -0.544. The Balaban J connectivity index is 3.14. The van der Waals surface area contributed by atoms with Gasteiger partial charge in [-0.1, -0.05) is 23.7 Å². The van der Waals surface area contributed by atoms with Gasteiger partial charge in [0.2, 0.25) is 0 Å². The van der Waals surface area contributed by atoms with Crippen LogP contribution in [0.1, 0.15) is 11.5 Å². The first-order valence-corrected chi connectivity index (χ1v) is 5.05. The minimum Gasteiger partial charge on any atom is -0.383 e. The number of halogens is 5. The van der Waals surface area contributed by atoms with Gasteiger partial charge in [0.15, 0.2) is 6.10 Å². The number of aliphatic hydroxyl groups excluding tert-OH is 1. The molecule has 2 nitrogen and oxygen atoms in total. The van der Waals surface area contributed by atoms with Crippen LogP contribution in [-0.4, -0.2) is 23.9 Å². The molecular weight excluding hydrogens is 262 g/mol. The summed E-state index contributed by atoms with van der Waals surface area (Å²) in [5, 5.41) is 8.79. The highest BCUT2D eigenvalue weighted by molar-refractivity contribution is 6.30. The minimum atomic E-state index is -4.86. The van der Waals surface area contributed by atoms with Crippen LogP contribution in [0.4, 0.5) is 17.6 Å². The Bertz CT molecular complexity index is 396. The molecule has 0 radical (unpaired) electrons. The van der Waals surface area contributed by atoms with Crippen molar-refractivity contribution in [3.8, 4) is 0 Å². The molecule has 0 spiro atoms. The monoisotopic (exact) mass is 271 g/mol. The molecule has 3 N–H and O–H groups in total. The number of rotatable bonds is 3. The molecule has 0 aliphatic rings. The van der Waals surface area contributed by atoms with E-state index in [0.29, 0.717) is 0 Å². The van der Waals surface area contributed by atoms with E-state index in [0.717, 1.165) is 6.07 Å². The van der Waals surface area contributed by atoms with E-state index in [1.54, 1.807) is 0 Å². The predicted molar refractivity (Wildman–Crippen MR) is 55.3 cm³/mol. The maximum absolute atomic E-state index is 13.5. The SMILES string of the molecule is NCC(c1cccc(Cl)c1F)C(O)C(F)(F)F. The molecule has 0 fully saturated rings. The number of aliphatic hydroxyl groups is 1. The minimum absolute atomic E-state index is 0.310. The maximum atomic E-state index is 13.5. The summed E-state index contributed by atoms with van der Waals surface area (Å²) in [5.74, 6) is -2.57. The topological polar surface area (TPSA) is 46.2 Å². The molecule has 0 amide bonds. The summed E-state index contributed by atoms with van der Waals surface area (Å²) >= 11 is 5.46. The largest absolute Gasteiger partial charge is 0.414 e. The molecule has 0 aliphatic heterocycles. The average Bonchev–Trinajstić information content (AvgIpc) is 2.23. The molecular formula is C10H10ClF4NO. The van der Waals surface area contributed by atoms with E-state index in [9.17, 15) is 17.6 Å². The van der Waals surface area contributed by atoms with Crippen LogP contribution in [0.3, 0.4) is 0 Å². The van der Waals surface area contributed by atoms with Crippen molar-refractivity contribution >= 4 is 11.6 Å². The van der Waals surface area contributed by atoms with Crippen molar-refractivity contribution in [1.29, 1.82) is 0 Å². The molecule has 96 valence electrons. The quantitative estimate of drug-likeness (QED) is 0.830. The Morgan fingerprint density at radius 3 is 2.41 bits per heavy atom. The van der Waals surface area contributed by atoms with Gasteiger partial charge in [-0.15, -0.1) is 0 Å². The second-order valence-corrected chi connectivity index (χ2v) is 3.88. The third-order valence-corrected chi connectivity index (χ3v) is 2.64. The van der Waals surface area contributed by atoms with Crippen LogP contribution in [0.5, 0.6) is 0 Å². The van der Waals surface area contributed by atoms with Crippen LogP contribution in [0.2, 0.25) is 5.02 Å². The number of hydrogen-bond donors (Lipinski definition) is 2. The second kappa shape index (κ2) is 5.20. The Hall–Kier alpha value is -0.850. The van der Waals surface area contributed by atoms with Gasteiger partial charge in [0.25, 0.3) is 0 Å². The fourth-order valence-electron chi connectivity index (χ4n) is 1.46. The second-order valence-electron chi connectivity index (χ2n) is 3.47. The van der Waals surface area contributed by atoms with Crippen molar-refractivity contribution in [3.05, 3.63) is 34.6 Å². The van der Waals surface area contributed by atoms with Gasteiger partial charge in [-0.25, -0.2) is 4.39 Å². The molecule has 1 aromatic rings. The van der Waals surface area contributed by atoms with E-state index in [4.69, 9.17) is 22.4 Å². The lowest BCUT2D eigenvalue weighted by Crippen LogP contribution is -2.38. The summed E-state index contributed by atoms with van der Waals surface area (Å²) in [6.07, 6.45) is -7.58. The first-order valence-electron chi connectivity index (χ1n) is 4.67. The lowest BCUT2D eigenvalue weighted by Gasteiger charge is -2.24. The number of alkyl halides is 3. The van der Waals surface area contributed by atoms with Crippen LogP contribution < -0.4 is 5.73 Å². The highest BCUT2D eigenvalue weighted by atomic mass is 35.5. The zero-order valence-electron chi connectivity index (χ0n) is 8.51. The highest BCUT2D eigenvalue weighted by Gasteiger charge is 2.44. The Morgan fingerprint density at radius 1 is 1.35 bits per heavy atom. The third-order valence-electron chi connectivity index (χ3n) is 2.35. The molecule has 2 unspecified atom stereocenters. The molecule has 0 saturated carbocycles. The molecule has 0 saturated heterocycles. The van der Waals surface area contributed by atoms with Gasteiger partial charge in [0.1, 0.15) is 5.82 Å². The fourth-order valence-corrected chi connectivity index (χ4v) is 1.64. The lowest BCUT2D eigenvalue weighted by atomic mass is 9.92. The van der Waals surface area contributed by atoms with E-state index in [2.05, 4.69) is 0 Å². The van der Waals surface area contributed by atoms with E-state index in [-0.39, 0.29) is 10.6 Å². The van der Waals surface area contributed by atoms with Crippen LogP contribution >= 0.6 is 11.6 Å². The fraction of sp³-hybridized carbons (Fsp3) is 0.400. The molecule has 0 aliphatic carbocycles.